The molecule has 1 aromatic carbocycles. The molecule has 64 valence electrons. The molecule has 0 fully saturated rings. The van der Waals surface area contributed by atoms with Crippen LogP contribution >= 0.6 is 0 Å². The molecule has 2 heteroatoms. The van der Waals surface area contributed by atoms with E-state index in [1.165, 1.54) is 0 Å². The van der Waals surface area contributed by atoms with Crippen molar-refractivity contribution in [2.45, 2.75) is 13.3 Å². The summed E-state index contributed by atoms with van der Waals surface area (Å²) in [6.45, 7) is 2.38. The smallest absolute Gasteiger partial charge is 0.119 e. The van der Waals surface area contributed by atoms with E-state index >= 15 is 0 Å². The summed E-state index contributed by atoms with van der Waals surface area (Å²) >= 11 is 0. The molecular formula is C10H13NO. The van der Waals surface area contributed by atoms with E-state index in [-0.39, 0.29) is 0 Å². The molecule has 0 radical (unpaired) electrons. The Hall–Kier alpha value is -1.31. The van der Waals surface area contributed by atoms with E-state index in [0.717, 1.165) is 5.75 Å². The fourth-order valence-corrected chi connectivity index (χ4v) is 0.839. The number of rotatable bonds is 4. The van der Waals surface area contributed by atoms with E-state index in [4.69, 9.17) is 10.1 Å². The minimum atomic E-state index is 0.597. The van der Waals surface area contributed by atoms with Gasteiger partial charge in [-0.05, 0) is 19.1 Å². The Bertz CT molecular complexity index is 243. The Morgan fingerprint density at radius 1 is 1.33 bits per heavy atom. The normalized spacial score (nSPS) is 9.42. The molecule has 1 rings (SSSR count). The molecule has 0 atom stereocenters. The second kappa shape index (κ2) is 4.54. The lowest BCUT2D eigenvalue weighted by Crippen LogP contribution is -2.01. The number of hydrogen-bond donors (Lipinski definition) is 1. The number of hydrogen-bond acceptors (Lipinski definition) is 2. The number of nitrogens with one attached hydrogen (secondary N) is 1. The summed E-state index contributed by atoms with van der Waals surface area (Å²) in [5, 5.41) is 7.18. The first-order valence-electron chi connectivity index (χ1n) is 4.01. The number of ether oxygens (including phenoxy) is 1. The van der Waals surface area contributed by atoms with Gasteiger partial charge in [-0.25, -0.2) is 0 Å². The maximum atomic E-state index is 7.18. The van der Waals surface area contributed by atoms with Crippen molar-refractivity contribution in [1.82, 2.24) is 0 Å². The molecule has 0 aromatic heterocycles. The van der Waals surface area contributed by atoms with Crippen LogP contribution in [-0.2, 0) is 0 Å². The Morgan fingerprint density at radius 2 is 2.00 bits per heavy atom. The number of benzene rings is 1. The number of para-hydroxylation sites is 1. The average molecular weight is 163 g/mol. The molecule has 0 unspecified atom stereocenters. The van der Waals surface area contributed by atoms with Gasteiger partial charge in [-0.1, -0.05) is 18.2 Å². The van der Waals surface area contributed by atoms with Gasteiger partial charge in [0, 0.05) is 12.1 Å². The third-order valence-electron chi connectivity index (χ3n) is 1.49. The molecule has 0 aliphatic rings. The summed E-state index contributed by atoms with van der Waals surface area (Å²) in [5.74, 6) is 0.874. The monoisotopic (exact) mass is 163 g/mol. The van der Waals surface area contributed by atoms with Crippen LogP contribution in [0.4, 0.5) is 0 Å². The molecule has 12 heavy (non-hydrogen) atoms. The first-order valence-corrected chi connectivity index (χ1v) is 4.01. The summed E-state index contributed by atoms with van der Waals surface area (Å²) < 4.78 is 5.38. The highest BCUT2D eigenvalue weighted by Gasteiger charge is 1.91. The molecule has 1 N–H and O–H groups in total. The Balaban J connectivity index is 2.29. The van der Waals surface area contributed by atoms with Crippen LogP contribution < -0.4 is 4.74 Å². The Labute approximate surface area is 72.7 Å². The zero-order valence-corrected chi connectivity index (χ0v) is 7.21. The predicted octanol–water partition coefficient (Wildman–Crippen LogP) is 2.50. The quantitative estimate of drug-likeness (QED) is 0.679. The molecule has 2 nitrogen and oxygen atoms in total. The van der Waals surface area contributed by atoms with Crippen LogP contribution in [-0.4, -0.2) is 12.3 Å². The van der Waals surface area contributed by atoms with E-state index in [2.05, 4.69) is 0 Å². The van der Waals surface area contributed by atoms with Crippen LogP contribution in [0.15, 0.2) is 30.3 Å². The van der Waals surface area contributed by atoms with Crippen LogP contribution in [0, 0.1) is 5.41 Å². The van der Waals surface area contributed by atoms with Crippen molar-refractivity contribution in [3.63, 3.8) is 0 Å². The summed E-state index contributed by atoms with van der Waals surface area (Å²) in [7, 11) is 0. The van der Waals surface area contributed by atoms with Crippen molar-refractivity contribution >= 4 is 5.71 Å². The second-order valence-corrected chi connectivity index (χ2v) is 2.69. The summed E-state index contributed by atoms with van der Waals surface area (Å²) in [6, 6.07) is 9.66. The molecule has 0 saturated carbocycles. The van der Waals surface area contributed by atoms with Crippen molar-refractivity contribution in [3.8, 4) is 5.75 Å². The van der Waals surface area contributed by atoms with E-state index in [1.54, 1.807) is 6.92 Å². The molecular weight excluding hydrogens is 150 g/mol. The zero-order chi connectivity index (χ0) is 8.81. The molecule has 0 heterocycles. The van der Waals surface area contributed by atoms with E-state index < -0.39 is 0 Å². The van der Waals surface area contributed by atoms with Crippen molar-refractivity contribution < 1.29 is 4.74 Å². The fourth-order valence-electron chi connectivity index (χ4n) is 0.839. The van der Waals surface area contributed by atoms with Crippen molar-refractivity contribution in [1.29, 1.82) is 5.41 Å². The third kappa shape index (κ3) is 3.19. The first-order chi connectivity index (χ1) is 5.79. The maximum Gasteiger partial charge on any atom is 0.119 e. The highest BCUT2D eigenvalue weighted by Crippen LogP contribution is 2.08. The second-order valence-electron chi connectivity index (χ2n) is 2.69. The molecule has 0 spiro atoms. The van der Waals surface area contributed by atoms with Crippen molar-refractivity contribution in [3.05, 3.63) is 30.3 Å². The Morgan fingerprint density at radius 3 is 2.58 bits per heavy atom. The predicted molar refractivity (Wildman–Crippen MR) is 50.0 cm³/mol. The van der Waals surface area contributed by atoms with Gasteiger partial charge in [0.2, 0.25) is 0 Å². The topological polar surface area (TPSA) is 33.1 Å². The first kappa shape index (κ1) is 8.78. The molecule has 0 bridgehead atoms. The molecule has 1 aromatic rings. The van der Waals surface area contributed by atoms with Gasteiger partial charge in [-0.15, -0.1) is 0 Å². The van der Waals surface area contributed by atoms with Gasteiger partial charge < -0.3 is 10.1 Å². The molecule has 0 aliphatic carbocycles. The van der Waals surface area contributed by atoms with Crippen LogP contribution in [0.3, 0.4) is 0 Å². The molecule has 0 amide bonds. The maximum absolute atomic E-state index is 7.18. The van der Waals surface area contributed by atoms with E-state index in [9.17, 15) is 0 Å². The highest BCUT2D eigenvalue weighted by molar-refractivity contribution is 5.78. The average Bonchev–Trinajstić information content (AvgIpc) is 2.05. The summed E-state index contributed by atoms with van der Waals surface area (Å²) in [5.41, 5.74) is 0.658. The van der Waals surface area contributed by atoms with Crippen molar-refractivity contribution in [2.24, 2.45) is 0 Å². The standard InChI is InChI=1S/C10H13NO/c1-9(11)7-8-12-10-5-3-2-4-6-10/h2-6,11H,7-8H2,1H3. The summed E-state index contributed by atoms with van der Waals surface area (Å²) in [6.07, 6.45) is 0.703. The van der Waals surface area contributed by atoms with Gasteiger partial charge in [0.1, 0.15) is 5.75 Å². The van der Waals surface area contributed by atoms with Crippen LogP contribution in [0.5, 0.6) is 5.75 Å². The Kier molecular flexibility index (Phi) is 3.33. The van der Waals surface area contributed by atoms with Crippen LogP contribution in [0.1, 0.15) is 13.3 Å². The van der Waals surface area contributed by atoms with Crippen LogP contribution in [0.25, 0.3) is 0 Å². The van der Waals surface area contributed by atoms with Gasteiger partial charge in [0.15, 0.2) is 0 Å². The van der Waals surface area contributed by atoms with Gasteiger partial charge in [-0.3, -0.25) is 0 Å². The summed E-state index contributed by atoms with van der Waals surface area (Å²) in [4.78, 5) is 0. The fraction of sp³-hybridized carbons (Fsp3) is 0.300. The minimum absolute atomic E-state index is 0.597. The van der Waals surface area contributed by atoms with E-state index in [0.29, 0.717) is 18.7 Å². The minimum Gasteiger partial charge on any atom is -0.493 e. The van der Waals surface area contributed by atoms with Gasteiger partial charge >= 0.3 is 0 Å². The highest BCUT2D eigenvalue weighted by atomic mass is 16.5. The van der Waals surface area contributed by atoms with Gasteiger partial charge in [0.25, 0.3) is 0 Å². The third-order valence-corrected chi connectivity index (χ3v) is 1.49. The SMILES string of the molecule is CC(=N)CCOc1ccccc1. The van der Waals surface area contributed by atoms with Gasteiger partial charge in [0.05, 0.1) is 6.61 Å². The lowest BCUT2D eigenvalue weighted by molar-refractivity contribution is 0.329. The molecule has 0 saturated heterocycles. The van der Waals surface area contributed by atoms with Crippen LogP contribution in [0.2, 0.25) is 0 Å². The van der Waals surface area contributed by atoms with Crippen molar-refractivity contribution in [2.75, 3.05) is 6.61 Å². The van der Waals surface area contributed by atoms with E-state index in [1.807, 2.05) is 30.3 Å². The zero-order valence-electron chi connectivity index (χ0n) is 7.21. The molecule has 0 aliphatic heterocycles. The largest absolute Gasteiger partial charge is 0.493 e. The lowest BCUT2D eigenvalue weighted by atomic mass is 10.3. The van der Waals surface area contributed by atoms with Gasteiger partial charge in [-0.2, -0.15) is 0 Å². The lowest BCUT2D eigenvalue weighted by Gasteiger charge is -2.03.